The van der Waals surface area contributed by atoms with Crippen LogP contribution in [0.4, 0.5) is 5.69 Å². The van der Waals surface area contributed by atoms with E-state index in [-0.39, 0.29) is 17.3 Å². The lowest BCUT2D eigenvalue weighted by Gasteiger charge is -2.37. The Hall–Kier alpha value is -0.770. The van der Waals surface area contributed by atoms with E-state index in [0.29, 0.717) is 27.9 Å². The maximum atomic E-state index is 12.7. The smallest absolute Gasteiger partial charge is 0.166 e. The molecule has 2 fully saturated rings. The van der Waals surface area contributed by atoms with Gasteiger partial charge in [0.15, 0.2) is 5.78 Å². The molecule has 1 spiro atoms. The third-order valence-electron chi connectivity index (χ3n) is 4.74. The van der Waals surface area contributed by atoms with Gasteiger partial charge in [-0.1, -0.05) is 36.0 Å². The number of hydrogen-bond donors (Lipinski definition) is 1. The average Bonchev–Trinajstić information content (AvgIpc) is 2.91. The number of nitrogens with two attached hydrogens (primary N) is 1. The van der Waals surface area contributed by atoms with Gasteiger partial charge in [0.2, 0.25) is 0 Å². The Bertz CT molecular complexity index is 544. The molecule has 1 aromatic carbocycles. The van der Waals surface area contributed by atoms with Crippen LogP contribution in [-0.4, -0.2) is 18.0 Å². The van der Waals surface area contributed by atoms with Crippen molar-refractivity contribution in [3.05, 3.63) is 27.7 Å². The highest BCUT2D eigenvalue weighted by Gasteiger charge is 2.42. The summed E-state index contributed by atoms with van der Waals surface area (Å²) in [5, 5.41) is 0.682. The van der Waals surface area contributed by atoms with E-state index in [9.17, 15) is 4.79 Å². The number of Topliss-reactive ketones (excluding diaryl/α,β-unsaturated/α-hetero) is 1. The van der Waals surface area contributed by atoms with Crippen LogP contribution in [0.1, 0.15) is 48.9 Å². The van der Waals surface area contributed by atoms with E-state index >= 15 is 0 Å². The predicted molar refractivity (Wildman–Crippen MR) is 85.1 cm³/mol. The third-order valence-corrected chi connectivity index (χ3v) is 5.37. The van der Waals surface area contributed by atoms with Crippen LogP contribution in [0.5, 0.6) is 0 Å². The van der Waals surface area contributed by atoms with Crippen LogP contribution < -0.4 is 5.73 Å². The summed E-state index contributed by atoms with van der Waals surface area (Å²) in [5.74, 6) is 0.0981. The maximum absolute atomic E-state index is 12.7. The molecule has 2 aliphatic rings. The summed E-state index contributed by atoms with van der Waals surface area (Å²) in [5.41, 5.74) is 6.54. The Morgan fingerprint density at radius 3 is 2.48 bits per heavy atom. The Morgan fingerprint density at radius 2 is 1.86 bits per heavy atom. The SMILES string of the molecule is Nc1c(Cl)cc(C(=O)C2CCOC3(CCCC3)C2)cc1Cl. The van der Waals surface area contributed by atoms with Crippen LogP contribution in [0.15, 0.2) is 12.1 Å². The van der Waals surface area contributed by atoms with Crippen molar-refractivity contribution in [1.29, 1.82) is 0 Å². The summed E-state index contributed by atoms with van der Waals surface area (Å²) in [7, 11) is 0. The minimum absolute atomic E-state index is 0.00684. The van der Waals surface area contributed by atoms with Gasteiger partial charge in [-0.25, -0.2) is 0 Å². The summed E-state index contributed by atoms with van der Waals surface area (Å²) in [4.78, 5) is 12.7. The molecule has 1 unspecified atom stereocenters. The van der Waals surface area contributed by atoms with Crippen molar-refractivity contribution in [1.82, 2.24) is 0 Å². The molecule has 2 N–H and O–H groups in total. The van der Waals surface area contributed by atoms with E-state index in [1.807, 2.05) is 0 Å². The second kappa shape index (κ2) is 5.79. The number of benzene rings is 1. The molecule has 0 radical (unpaired) electrons. The maximum Gasteiger partial charge on any atom is 0.166 e. The second-order valence-corrected chi connectivity index (χ2v) is 6.96. The van der Waals surface area contributed by atoms with Gasteiger partial charge in [0, 0.05) is 18.1 Å². The number of nitrogen functional groups attached to an aromatic ring is 1. The lowest BCUT2D eigenvalue weighted by atomic mass is 9.80. The summed E-state index contributed by atoms with van der Waals surface area (Å²) < 4.78 is 5.98. The highest BCUT2D eigenvalue weighted by molar-refractivity contribution is 6.39. The molecule has 1 aliphatic heterocycles. The van der Waals surface area contributed by atoms with Gasteiger partial charge >= 0.3 is 0 Å². The van der Waals surface area contributed by atoms with Crippen molar-refractivity contribution in [2.24, 2.45) is 5.92 Å². The molecular weight excluding hydrogens is 309 g/mol. The first-order valence-corrected chi connectivity index (χ1v) is 8.19. The highest BCUT2D eigenvalue weighted by Crippen LogP contribution is 2.43. The van der Waals surface area contributed by atoms with E-state index in [0.717, 1.165) is 25.7 Å². The predicted octanol–water partition coefficient (Wildman–Crippen LogP) is 4.50. The van der Waals surface area contributed by atoms with Gasteiger partial charge < -0.3 is 10.5 Å². The molecule has 0 aromatic heterocycles. The van der Waals surface area contributed by atoms with E-state index in [4.69, 9.17) is 33.7 Å². The van der Waals surface area contributed by atoms with Gasteiger partial charge in [0.1, 0.15) is 0 Å². The monoisotopic (exact) mass is 327 g/mol. The number of carbonyl (C=O) groups is 1. The summed E-state index contributed by atoms with van der Waals surface area (Å²) in [6.45, 7) is 0.660. The molecule has 21 heavy (non-hydrogen) atoms. The fraction of sp³-hybridized carbons (Fsp3) is 0.562. The molecular formula is C16H19Cl2NO2. The number of ether oxygens (including phenoxy) is 1. The third kappa shape index (κ3) is 2.92. The number of hydrogen-bond acceptors (Lipinski definition) is 3. The molecule has 1 aromatic rings. The summed E-state index contributed by atoms with van der Waals surface area (Å²) in [6, 6.07) is 3.25. The van der Waals surface area contributed by atoms with Crippen LogP contribution in [0, 0.1) is 5.92 Å². The molecule has 1 heterocycles. The van der Waals surface area contributed by atoms with E-state index < -0.39 is 0 Å². The first kappa shape index (κ1) is 15.1. The lowest BCUT2D eigenvalue weighted by molar-refractivity contribution is -0.0866. The Labute approximate surface area is 134 Å². The zero-order valence-corrected chi connectivity index (χ0v) is 13.3. The first-order valence-electron chi connectivity index (χ1n) is 7.43. The van der Waals surface area contributed by atoms with Crippen molar-refractivity contribution >= 4 is 34.7 Å². The minimum Gasteiger partial charge on any atom is -0.396 e. The number of rotatable bonds is 2. The molecule has 0 bridgehead atoms. The van der Waals surface area contributed by atoms with Crippen LogP contribution >= 0.6 is 23.2 Å². The fourth-order valence-electron chi connectivity index (χ4n) is 3.58. The lowest BCUT2D eigenvalue weighted by Crippen LogP contribution is -2.39. The van der Waals surface area contributed by atoms with Crippen molar-refractivity contribution in [3.8, 4) is 0 Å². The summed E-state index contributed by atoms with van der Waals surface area (Å²) in [6.07, 6.45) is 6.10. The van der Waals surface area contributed by atoms with Crippen LogP contribution in [-0.2, 0) is 4.74 Å². The number of anilines is 1. The normalized spacial score (nSPS) is 24.4. The Kier molecular flexibility index (Phi) is 4.17. The Morgan fingerprint density at radius 1 is 1.24 bits per heavy atom. The molecule has 3 nitrogen and oxygen atoms in total. The van der Waals surface area contributed by atoms with Crippen molar-refractivity contribution in [2.45, 2.75) is 44.1 Å². The number of ketones is 1. The van der Waals surface area contributed by atoms with Crippen LogP contribution in [0.2, 0.25) is 10.0 Å². The molecule has 0 amide bonds. The van der Waals surface area contributed by atoms with E-state index in [1.165, 1.54) is 12.8 Å². The van der Waals surface area contributed by atoms with Gasteiger partial charge in [-0.2, -0.15) is 0 Å². The zero-order chi connectivity index (χ0) is 15.0. The van der Waals surface area contributed by atoms with Gasteiger partial charge in [-0.3, -0.25) is 4.79 Å². The van der Waals surface area contributed by atoms with E-state index in [1.54, 1.807) is 12.1 Å². The number of halogens is 2. The van der Waals surface area contributed by atoms with Gasteiger partial charge in [0.05, 0.1) is 21.3 Å². The second-order valence-electron chi connectivity index (χ2n) is 6.15. The molecule has 1 saturated carbocycles. The van der Waals surface area contributed by atoms with E-state index in [2.05, 4.69) is 0 Å². The molecule has 1 aliphatic carbocycles. The average molecular weight is 328 g/mol. The standard InChI is InChI=1S/C16H19Cl2NO2/c17-12-7-11(8-13(18)14(12)19)15(20)10-3-6-21-16(9-10)4-1-2-5-16/h7-8,10H,1-6,9,19H2. The van der Waals surface area contributed by atoms with Crippen LogP contribution in [0.25, 0.3) is 0 Å². The number of carbonyl (C=O) groups excluding carboxylic acids is 1. The van der Waals surface area contributed by atoms with Gasteiger partial charge in [-0.05, 0) is 37.8 Å². The Balaban J connectivity index is 1.81. The largest absolute Gasteiger partial charge is 0.396 e. The molecule has 5 heteroatoms. The van der Waals surface area contributed by atoms with Crippen molar-refractivity contribution in [2.75, 3.05) is 12.3 Å². The van der Waals surface area contributed by atoms with Crippen LogP contribution in [0.3, 0.4) is 0 Å². The molecule has 114 valence electrons. The van der Waals surface area contributed by atoms with Crippen molar-refractivity contribution < 1.29 is 9.53 Å². The fourth-order valence-corrected chi connectivity index (χ4v) is 4.07. The quantitative estimate of drug-likeness (QED) is 0.642. The summed E-state index contributed by atoms with van der Waals surface area (Å²) >= 11 is 12.1. The topological polar surface area (TPSA) is 52.3 Å². The highest BCUT2D eigenvalue weighted by atomic mass is 35.5. The molecule has 3 rings (SSSR count). The molecule has 1 atom stereocenters. The minimum atomic E-state index is -0.0695. The molecule has 1 saturated heterocycles. The van der Waals surface area contributed by atoms with Gasteiger partial charge in [0.25, 0.3) is 0 Å². The zero-order valence-electron chi connectivity index (χ0n) is 11.8. The van der Waals surface area contributed by atoms with Gasteiger partial charge in [-0.15, -0.1) is 0 Å². The first-order chi connectivity index (χ1) is 10.0. The van der Waals surface area contributed by atoms with Crippen molar-refractivity contribution in [3.63, 3.8) is 0 Å².